The van der Waals surface area contributed by atoms with Crippen molar-refractivity contribution in [2.24, 2.45) is 5.92 Å². The van der Waals surface area contributed by atoms with Crippen LogP contribution in [0.3, 0.4) is 0 Å². The van der Waals surface area contributed by atoms with E-state index in [2.05, 4.69) is 9.55 Å². The van der Waals surface area contributed by atoms with Crippen LogP contribution in [0.1, 0.15) is 31.1 Å². The van der Waals surface area contributed by atoms with Crippen LogP contribution in [0.4, 0.5) is 0 Å². The predicted octanol–water partition coefficient (Wildman–Crippen LogP) is 1.69. The van der Waals surface area contributed by atoms with Gasteiger partial charge in [0.1, 0.15) is 5.76 Å². The number of rotatable bonds is 4. The molecule has 4 rings (SSSR count). The molecule has 0 N–H and O–H groups in total. The second-order valence-electron chi connectivity index (χ2n) is 6.84. The summed E-state index contributed by atoms with van der Waals surface area (Å²) in [4.78, 5) is 32.9. The highest BCUT2D eigenvalue weighted by molar-refractivity contribution is 5.89. The second kappa shape index (κ2) is 6.74. The summed E-state index contributed by atoms with van der Waals surface area (Å²) in [5, 5.41) is 0. The Morgan fingerprint density at radius 3 is 3.04 bits per heavy atom. The Bertz CT molecular complexity index is 726. The van der Waals surface area contributed by atoms with E-state index in [9.17, 15) is 9.59 Å². The second-order valence-corrected chi connectivity index (χ2v) is 6.84. The van der Waals surface area contributed by atoms with Crippen molar-refractivity contribution in [3.05, 3.63) is 42.9 Å². The molecule has 7 nitrogen and oxygen atoms in total. The summed E-state index contributed by atoms with van der Waals surface area (Å²) in [6.45, 7) is 2.38. The van der Waals surface area contributed by atoms with E-state index in [1.165, 1.54) is 0 Å². The zero-order valence-electron chi connectivity index (χ0n) is 14.1. The molecule has 132 valence electrons. The van der Waals surface area contributed by atoms with Crippen molar-refractivity contribution in [2.45, 2.75) is 31.8 Å². The summed E-state index contributed by atoms with van der Waals surface area (Å²) in [6.07, 6.45) is 9.45. The number of imidazole rings is 1. The van der Waals surface area contributed by atoms with E-state index in [0.717, 1.165) is 25.1 Å². The Balaban J connectivity index is 1.38. The number of piperidine rings is 1. The summed E-state index contributed by atoms with van der Waals surface area (Å²) in [5.74, 6) is 0.627. The van der Waals surface area contributed by atoms with Crippen LogP contribution < -0.4 is 0 Å². The van der Waals surface area contributed by atoms with Crippen LogP contribution in [0, 0.1) is 5.92 Å². The van der Waals surface area contributed by atoms with Crippen LogP contribution in [0.15, 0.2) is 41.5 Å². The van der Waals surface area contributed by atoms with Gasteiger partial charge in [0, 0.05) is 38.4 Å². The Morgan fingerprint density at radius 2 is 2.28 bits per heavy atom. The average molecular weight is 342 g/mol. The lowest BCUT2D eigenvalue weighted by Gasteiger charge is -2.34. The minimum absolute atomic E-state index is 0.0259. The molecule has 0 aliphatic carbocycles. The van der Waals surface area contributed by atoms with Gasteiger partial charge in [0.05, 0.1) is 31.1 Å². The van der Waals surface area contributed by atoms with Crippen LogP contribution >= 0.6 is 0 Å². The van der Waals surface area contributed by atoms with Crippen molar-refractivity contribution in [3.8, 4) is 0 Å². The number of nitrogens with zero attached hydrogens (tertiary/aromatic N) is 4. The molecule has 2 aromatic rings. The first-order valence-corrected chi connectivity index (χ1v) is 8.77. The van der Waals surface area contributed by atoms with Gasteiger partial charge < -0.3 is 18.8 Å². The molecule has 2 saturated heterocycles. The molecule has 0 aromatic carbocycles. The van der Waals surface area contributed by atoms with Crippen molar-refractivity contribution >= 4 is 11.8 Å². The Kier molecular flexibility index (Phi) is 4.29. The van der Waals surface area contributed by atoms with Crippen molar-refractivity contribution in [1.82, 2.24) is 19.4 Å². The lowest BCUT2D eigenvalue weighted by molar-refractivity contribution is -0.137. The van der Waals surface area contributed by atoms with Gasteiger partial charge in [-0.1, -0.05) is 0 Å². The monoisotopic (exact) mass is 342 g/mol. The molecule has 25 heavy (non-hydrogen) atoms. The van der Waals surface area contributed by atoms with Crippen LogP contribution in [0.25, 0.3) is 0 Å². The molecular weight excluding hydrogens is 320 g/mol. The largest absolute Gasteiger partial charge is 0.467 e. The van der Waals surface area contributed by atoms with Gasteiger partial charge >= 0.3 is 0 Å². The van der Waals surface area contributed by atoms with Gasteiger partial charge in [0.2, 0.25) is 11.8 Å². The Hall–Kier alpha value is -2.57. The van der Waals surface area contributed by atoms with E-state index in [1.807, 2.05) is 29.6 Å². The molecule has 2 atom stereocenters. The lowest BCUT2D eigenvalue weighted by Crippen LogP contribution is -2.44. The molecule has 0 bridgehead atoms. The molecule has 2 aliphatic heterocycles. The summed E-state index contributed by atoms with van der Waals surface area (Å²) in [5.41, 5.74) is 0. The smallest absolute Gasteiger partial charge is 0.228 e. The van der Waals surface area contributed by atoms with E-state index in [-0.39, 0.29) is 23.8 Å². The van der Waals surface area contributed by atoms with Crippen LogP contribution in [-0.2, 0) is 16.1 Å². The van der Waals surface area contributed by atoms with Crippen molar-refractivity contribution in [1.29, 1.82) is 0 Å². The van der Waals surface area contributed by atoms with Gasteiger partial charge in [-0.15, -0.1) is 0 Å². The van der Waals surface area contributed by atoms with E-state index in [4.69, 9.17) is 4.42 Å². The number of amides is 2. The molecule has 0 spiro atoms. The average Bonchev–Trinajstić information content (AvgIpc) is 3.38. The lowest BCUT2D eigenvalue weighted by atomic mass is 10.0. The van der Waals surface area contributed by atoms with Crippen molar-refractivity contribution < 1.29 is 14.0 Å². The van der Waals surface area contributed by atoms with E-state index in [0.29, 0.717) is 26.1 Å². The normalized spacial score (nSPS) is 24.1. The number of hydrogen-bond donors (Lipinski definition) is 0. The molecule has 7 heteroatoms. The summed E-state index contributed by atoms with van der Waals surface area (Å²) in [7, 11) is 0. The molecule has 2 fully saturated rings. The highest BCUT2D eigenvalue weighted by Crippen LogP contribution is 2.26. The minimum atomic E-state index is -0.246. The zero-order chi connectivity index (χ0) is 17.2. The topological polar surface area (TPSA) is 71.6 Å². The number of carbonyl (C=O) groups is 2. The summed E-state index contributed by atoms with van der Waals surface area (Å²) >= 11 is 0. The van der Waals surface area contributed by atoms with Crippen molar-refractivity contribution in [3.63, 3.8) is 0 Å². The molecule has 0 radical (unpaired) electrons. The first-order valence-electron chi connectivity index (χ1n) is 8.77. The van der Waals surface area contributed by atoms with Gasteiger partial charge in [0.15, 0.2) is 0 Å². The van der Waals surface area contributed by atoms with E-state index >= 15 is 0 Å². The van der Waals surface area contributed by atoms with Gasteiger partial charge in [-0.05, 0) is 25.0 Å². The van der Waals surface area contributed by atoms with Crippen molar-refractivity contribution in [2.75, 3.05) is 19.6 Å². The van der Waals surface area contributed by atoms with Gasteiger partial charge in [-0.25, -0.2) is 4.98 Å². The first kappa shape index (κ1) is 15.9. The molecule has 2 amide bonds. The fourth-order valence-corrected chi connectivity index (χ4v) is 3.82. The maximum absolute atomic E-state index is 12.9. The summed E-state index contributed by atoms with van der Waals surface area (Å²) < 4.78 is 7.39. The standard InChI is InChI=1S/C18H22N4O3/c23-17-9-14(10-22(17)12-16-4-2-8-25-16)18(24)20-6-1-3-15(11-20)21-7-5-19-13-21/h2,4-5,7-8,13-15H,1,3,6,9-12H2/t14-,15+/m1/s1. The third-order valence-corrected chi connectivity index (χ3v) is 5.15. The fourth-order valence-electron chi connectivity index (χ4n) is 3.82. The van der Waals surface area contributed by atoms with Crippen LogP contribution in [-0.4, -0.2) is 50.8 Å². The third kappa shape index (κ3) is 3.31. The fraction of sp³-hybridized carbons (Fsp3) is 0.500. The van der Waals surface area contributed by atoms with Gasteiger partial charge in [-0.2, -0.15) is 0 Å². The number of likely N-dealkylation sites (tertiary alicyclic amines) is 2. The number of carbonyl (C=O) groups excluding carboxylic acids is 2. The van der Waals surface area contributed by atoms with Crippen LogP contribution in [0.5, 0.6) is 0 Å². The molecule has 4 heterocycles. The maximum Gasteiger partial charge on any atom is 0.228 e. The predicted molar refractivity (Wildman–Crippen MR) is 89.3 cm³/mol. The molecule has 0 unspecified atom stereocenters. The molecule has 2 aliphatic rings. The molecule has 2 aromatic heterocycles. The highest BCUT2D eigenvalue weighted by atomic mass is 16.3. The Morgan fingerprint density at radius 1 is 1.36 bits per heavy atom. The van der Waals surface area contributed by atoms with Gasteiger partial charge in [-0.3, -0.25) is 9.59 Å². The quantitative estimate of drug-likeness (QED) is 0.848. The minimum Gasteiger partial charge on any atom is -0.467 e. The first-order chi connectivity index (χ1) is 12.2. The number of aromatic nitrogens is 2. The number of hydrogen-bond acceptors (Lipinski definition) is 4. The van der Waals surface area contributed by atoms with E-state index in [1.54, 1.807) is 17.4 Å². The van der Waals surface area contributed by atoms with Gasteiger partial charge in [0.25, 0.3) is 0 Å². The SMILES string of the molecule is O=C1C[C@@H](C(=O)N2CCC[C@H](n3ccnc3)C2)CN1Cc1ccco1. The molecular formula is C18H22N4O3. The molecule has 0 saturated carbocycles. The van der Waals surface area contributed by atoms with Crippen LogP contribution in [0.2, 0.25) is 0 Å². The zero-order valence-corrected chi connectivity index (χ0v) is 14.1. The van der Waals surface area contributed by atoms with E-state index < -0.39 is 0 Å². The Labute approximate surface area is 146 Å². The third-order valence-electron chi connectivity index (χ3n) is 5.15. The maximum atomic E-state index is 12.9. The summed E-state index contributed by atoms with van der Waals surface area (Å²) in [6, 6.07) is 3.93. The number of furan rings is 1. The highest BCUT2D eigenvalue weighted by Gasteiger charge is 2.38.